The molecule has 4 aromatic rings. The highest BCUT2D eigenvalue weighted by Gasteiger charge is 2.14. The fourth-order valence-electron chi connectivity index (χ4n) is 3.87. The molecule has 0 amide bonds. The van der Waals surface area contributed by atoms with Crippen molar-refractivity contribution in [2.75, 3.05) is 73.7 Å². The van der Waals surface area contributed by atoms with Crippen molar-refractivity contribution >= 4 is 57.4 Å². The number of aromatic nitrogens is 6. The third-order valence-corrected chi connectivity index (χ3v) is 6.77. The van der Waals surface area contributed by atoms with Crippen LogP contribution in [-0.4, -0.2) is 106 Å². The third kappa shape index (κ3) is 10.5. The quantitative estimate of drug-likeness (QED) is 0.0704. The van der Waals surface area contributed by atoms with Crippen LogP contribution in [0.2, 0.25) is 0 Å². The van der Waals surface area contributed by atoms with Crippen molar-refractivity contribution < 1.29 is 32.7 Å². The van der Waals surface area contributed by atoms with Crippen molar-refractivity contribution in [2.24, 2.45) is 0 Å². The summed E-state index contributed by atoms with van der Waals surface area (Å²) in [5.41, 5.74) is 3.31. The maximum atomic E-state index is 11.0. The highest BCUT2D eigenvalue weighted by atomic mass is 32.2. The van der Waals surface area contributed by atoms with Crippen LogP contribution < -0.4 is 30.3 Å². The van der Waals surface area contributed by atoms with Crippen LogP contribution in [0.4, 0.5) is 35.2 Å². The highest BCUT2D eigenvalue weighted by molar-refractivity contribution is 7.85. The number of rotatable bonds is 17. The summed E-state index contributed by atoms with van der Waals surface area (Å²) in [5.74, 6) is 0.272. The van der Waals surface area contributed by atoms with E-state index in [1.54, 1.807) is 4.90 Å². The number of nitrogens with one attached hydrogen (secondary N) is 3. The summed E-state index contributed by atoms with van der Waals surface area (Å²) in [6.45, 7) is 0.119. The van der Waals surface area contributed by atoms with Crippen molar-refractivity contribution in [1.29, 1.82) is 0 Å². The molecule has 0 radical (unpaired) electrons. The SMILES string of the molecule is COc1nc(NCCS(=O)(=O)O)nc(Nc2ccc(C=Cc3ccc(Nc4nc(OC)nc(N(CCO)CCO)n4)cc3)cc2)n1. The van der Waals surface area contributed by atoms with Gasteiger partial charge in [0.25, 0.3) is 10.1 Å². The molecule has 0 saturated carbocycles. The van der Waals surface area contributed by atoms with Gasteiger partial charge in [-0.15, -0.1) is 0 Å². The summed E-state index contributed by atoms with van der Waals surface area (Å²) in [7, 11) is -1.30. The van der Waals surface area contributed by atoms with Crippen LogP contribution in [0.5, 0.6) is 12.0 Å². The summed E-state index contributed by atoms with van der Waals surface area (Å²) >= 11 is 0. The molecule has 2 aromatic carbocycles. The second-order valence-corrected chi connectivity index (χ2v) is 11.0. The van der Waals surface area contributed by atoms with Crippen molar-refractivity contribution in [3.05, 3.63) is 59.7 Å². The predicted molar refractivity (Wildman–Crippen MR) is 172 cm³/mol. The number of benzene rings is 2. The molecule has 2 heterocycles. The highest BCUT2D eigenvalue weighted by Crippen LogP contribution is 2.21. The Morgan fingerprint density at radius 1 is 0.717 bits per heavy atom. The molecule has 244 valence electrons. The van der Waals surface area contributed by atoms with E-state index in [2.05, 4.69) is 45.9 Å². The van der Waals surface area contributed by atoms with Crippen LogP contribution in [0.1, 0.15) is 11.1 Å². The number of methoxy groups -OCH3 is 2. The monoisotopic (exact) mass is 654 g/mol. The molecule has 6 N–H and O–H groups in total. The Bertz CT molecular complexity index is 1700. The smallest absolute Gasteiger partial charge is 0.322 e. The molecule has 2 aromatic heterocycles. The van der Waals surface area contributed by atoms with Crippen LogP contribution >= 0.6 is 0 Å². The van der Waals surface area contributed by atoms with Gasteiger partial charge in [0.05, 0.1) is 33.2 Å². The van der Waals surface area contributed by atoms with Gasteiger partial charge in [0.1, 0.15) is 0 Å². The van der Waals surface area contributed by atoms with Crippen molar-refractivity contribution in [3.8, 4) is 12.0 Å². The van der Waals surface area contributed by atoms with Gasteiger partial charge in [-0.25, -0.2) is 0 Å². The Kier molecular flexibility index (Phi) is 11.9. The van der Waals surface area contributed by atoms with E-state index in [1.165, 1.54) is 14.2 Å². The summed E-state index contributed by atoms with van der Waals surface area (Å²) in [6.07, 6.45) is 3.91. The Labute approximate surface area is 265 Å². The molecule has 0 aliphatic rings. The minimum absolute atomic E-state index is 0.0214. The number of ether oxygens (including phenoxy) is 2. The van der Waals surface area contributed by atoms with Gasteiger partial charge in [-0.1, -0.05) is 36.4 Å². The minimum atomic E-state index is -4.13. The van der Waals surface area contributed by atoms with Crippen molar-refractivity contribution in [1.82, 2.24) is 29.9 Å². The Balaban J connectivity index is 1.38. The standard InChI is InChI=1S/C28H34N10O7S/c1-44-27-34-23(29-13-18-46(41,42)43)32-24(35-27)30-21-9-5-19(6-10-21)3-4-20-7-11-22(12-8-20)31-25-33-26(37-28(36-25)45-2)38(14-16-39)15-17-40/h3-12,39-40H,13-18H2,1-2H3,(H,41,42,43)(H,31,33,36,37)(H2,29,30,32,34,35). The number of anilines is 6. The summed E-state index contributed by atoms with van der Waals surface area (Å²) in [6, 6.07) is 15.2. The van der Waals surface area contributed by atoms with Crippen molar-refractivity contribution in [2.45, 2.75) is 0 Å². The van der Waals surface area contributed by atoms with E-state index in [0.717, 1.165) is 16.8 Å². The molecular weight excluding hydrogens is 620 g/mol. The Morgan fingerprint density at radius 2 is 1.20 bits per heavy atom. The average Bonchev–Trinajstić information content (AvgIpc) is 3.04. The van der Waals surface area contributed by atoms with Crippen LogP contribution in [-0.2, 0) is 10.1 Å². The molecule has 0 unspecified atom stereocenters. The molecule has 18 heteroatoms. The molecule has 17 nitrogen and oxygen atoms in total. The van der Waals surface area contributed by atoms with E-state index in [-0.39, 0.29) is 68.7 Å². The lowest BCUT2D eigenvalue weighted by Crippen LogP contribution is -2.31. The number of hydrogen-bond acceptors (Lipinski definition) is 16. The van der Waals surface area contributed by atoms with E-state index in [0.29, 0.717) is 5.69 Å². The van der Waals surface area contributed by atoms with Gasteiger partial charge in [0.15, 0.2) is 0 Å². The molecule has 0 fully saturated rings. The number of aliphatic hydroxyl groups excluding tert-OH is 2. The van der Waals surface area contributed by atoms with Gasteiger partial charge in [-0.2, -0.15) is 38.3 Å². The second-order valence-electron chi connectivity index (χ2n) is 9.39. The topological polar surface area (TPSA) is 230 Å². The molecule has 0 aliphatic carbocycles. The first-order valence-corrected chi connectivity index (χ1v) is 15.5. The molecule has 0 bridgehead atoms. The fraction of sp³-hybridized carbons (Fsp3) is 0.286. The first kappa shape index (κ1) is 33.7. The minimum Gasteiger partial charge on any atom is -0.467 e. The van der Waals surface area contributed by atoms with Gasteiger partial charge in [0, 0.05) is 31.0 Å². The molecular formula is C28H34N10O7S. The molecule has 0 spiro atoms. The van der Waals surface area contributed by atoms with Crippen LogP contribution in [0, 0.1) is 0 Å². The Morgan fingerprint density at radius 3 is 1.67 bits per heavy atom. The first-order chi connectivity index (χ1) is 22.2. The first-order valence-electron chi connectivity index (χ1n) is 13.9. The fourth-order valence-corrected chi connectivity index (χ4v) is 4.23. The molecule has 0 aliphatic heterocycles. The van der Waals surface area contributed by atoms with Gasteiger partial charge in [0.2, 0.25) is 23.8 Å². The van der Waals surface area contributed by atoms with Gasteiger partial charge < -0.3 is 40.5 Å². The second kappa shape index (κ2) is 16.2. The van der Waals surface area contributed by atoms with E-state index in [4.69, 9.17) is 14.0 Å². The van der Waals surface area contributed by atoms with Crippen LogP contribution in [0.3, 0.4) is 0 Å². The summed E-state index contributed by atoms with van der Waals surface area (Å²) < 4.78 is 41.1. The maximum Gasteiger partial charge on any atom is 0.322 e. The van der Waals surface area contributed by atoms with E-state index in [9.17, 15) is 18.6 Å². The predicted octanol–water partition coefficient (Wildman–Crippen LogP) is 1.82. The normalized spacial score (nSPS) is 11.3. The molecule has 4 rings (SSSR count). The zero-order chi connectivity index (χ0) is 32.9. The van der Waals surface area contributed by atoms with E-state index in [1.807, 2.05) is 60.7 Å². The van der Waals surface area contributed by atoms with Crippen LogP contribution in [0.25, 0.3) is 12.2 Å². The Hall–Kier alpha value is -5.17. The zero-order valence-electron chi connectivity index (χ0n) is 25.0. The van der Waals surface area contributed by atoms with Gasteiger partial charge in [-0.05, 0) is 35.4 Å². The third-order valence-electron chi connectivity index (χ3n) is 6.05. The molecule has 0 atom stereocenters. The van der Waals surface area contributed by atoms with Crippen molar-refractivity contribution in [3.63, 3.8) is 0 Å². The number of hydrogen-bond donors (Lipinski definition) is 6. The average molecular weight is 655 g/mol. The van der Waals surface area contributed by atoms with E-state index < -0.39 is 15.9 Å². The lowest BCUT2D eigenvalue weighted by atomic mass is 10.1. The summed E-state index contributed by atoms with van der Waals surface area (Å²) in [5, 5.41) is 27.6. The largest absolute Gasteiger partial charge is 0.467 e. The summed E-state index contributed by atoms with van der Waals surface area (Å²) in [4.78, 5) is 26.9. The van der Waals surface area contributed by atoms with E-state index >= 15 is 0 Å². The number of aliphatic hydroxyl groups is 2. The van der Waals surface area contributed by atoms with Gasteiger partial charge in [-0.3, -0.25) is 4.55 Å². The zero-order valence-corrected chi connectivity index (χ0v) is 25.8. The molecule has 0 saturated heterocycles. The lowest BCUT2D eigenvalue weighted by Gasteiger charge is -2.21. The maximum absolute atomic E-state index is 11.0. The lowest BCUT2D eigenvalue weighted by molar-refractivity contribution is 0.279. The van der Waals surface area contributed by atoms with Gasteiger partial charge >= 0.3 is 12.0 Å². The van der Waals surface area contributed by atoms with Crippen LogP contribution in [0.15, 0.2) is 48.5 Å². The number of nitrogens with zero attached hydrogens (tertiary/aromatic N) is 7. The molecule has 46 heavy (non-hydrogen) atoms.